The first-order valence-electron chi connectivity index (χ1n) is 6.01. The Morgan fingerprint density at radius 3 is 2.89 bits per heavy atom. The van der Waals surface area contributed by atoms with Gasteiger partial charge in [-0.25, -0.2) is 4.79 Å². The van der Waals surface area contributed by atoms with Crippen molar-refractivity contribution in [3.63, 3.8) is 0 Å². The van der Waals surface area contributed by atoms with Crippen molar-refractivity contribution in [2.45, 2.75) is 19.3 Å². The van der Waals surface area contributed by atoms with Gasteiger partial charge in [0.25, 0.3) is 5.23 Å². The molecule has 5 heteroatoms. The molecule has 1 aromatic rings. The first kappa shape index (κ1) is 13.7. The molecule has 1 unspecified atom stereocenters. The third-order valence-corrected chi connectivity index (χ3v) is 3.52. The van der Waals surface area contributed by atoms with Crippen molar-refractivity contribution in [1.82, 2.24) is 0 Å². The Morgan fingerprint density at radius 2 is 2.21 bits per heavy atom. The zero-order valence-electron chi connectivity index (χ0n) is 10.8. The number of hydrogen-bond acceptors (Lipinski definition) is 4. The van der Waals surface area contributed by atoms with Crippen LogP contribution >= 0.6 is 11.8 Å². The van der Waals surface area contributed by atoms with Gasteiger partial charge in [-0.15, -0.1) is 4.99 Å². The summed E-state index contributed by atoms with van der Waals surface area (Å²) in [6, 6.07) is 9.88. The highest BCUT2D eigenvalue weighted by atomic mass is 32.2. The molecule has 2 rings (SSSR count). The van der Waals surface area contributed by atoms with E-state index in [-0.39, 0.29) is 5.44 Å². The molecule has 0 spiro atoms. The molecule has 1 heterocycles. The number of rotatable bonds is 3. The van der Waals surface area contributed by atoms with Gasteiger partial charge < -0.3 is 9.47 Å². The van der Waals surface area contributed by atoms with E-state index in [4.69, 9.17) is 9.47 Å². The van der Waals surface area contributed by atoms with E-state index in [0.29, 0.717) is 11.8 Å². The Labute approximate surface area is 116 Å². The molecule has 0 radical (unpaired) electrons. The van der Waals surface area contributed by atoms with Gasteiger partial charge >= 0.3 is 6.09 Å². The second-order valence-electron chi connectivity index (χ2n) is 3.94. The fraction of sp³-hybridized carbons (Fsp3) is 0.286. The summed E-state index contributed by atoms with van der Waals surface area (Å²) in [5.41, 5.74) is 1.63. The van der Waals surface area contributed by atoms with Crippen LogP contribution in [0.15, 0.2) is 40.9 Å². The number of aliphatic imine (C=N–C) groups is 1. The molecule has 1 amide bonds. The van der Waals surface area contributed by atoms with Crippen LogP contribution < -0.4 is 0 Å². The molecule has 0 aliphatic carbocycles. The summed E-state index contributed by atoms with van der Waals surface area (Å²) in [6.45, 7) is 4.25. The number of amides is 1. The quantitative estimate of drug-likeness (QED) is 0.845. The van der Waals surface area contributed by atoms with Crippen molar-refractivity contribution in [1.29, 1.82) is 0 Å². The predicted octanol–water partition coefficient (Wildman–Crippen LogP) is 3.69. The molecule has 100 valence electrons. The first-order chi connectivity index (χ1) is 9.19. The molecule has 0 aromatic heterocycles. The van der Waals surface area contributed by atoms with E-state index >= 15 is 0 Å². The summed E-state index contributed by atoms with van der Waals surface area (Å²) >= 11 is 1.30. The Kier molecular flexibility index (Phi) is 4.63. The second kappa shape index (κ2) is 6.43. The zero-order chi connectivity index (χ0) is 13.7. The lowest BCUT2D eigenvalue weighted by molar-refractivity contribution is 0.154. The molecule has 19 heavy (non-hydrogen) atoms. The Morgan fingerprint density at radius 1 is 1.47 bits per heavy atom. The number of carbonyl (C=O) groups excluding carboxylic acids is 1. The van der Waals surface area contributed by atoms with Gasteiger partial charge in [-0.2, -0.15) is 0 Å². The average molecular weight is 277 g/mol. The van der Waals surface area contributed by atoms with Crippen molar-refractivity contribution >= 4 is 29.2 Å². The van der Waals surface area contributed by atoms with Crippen LogP contribution in [0.1, 0.15) is 19.4 Å². The van der Waals surface area contributed by atoms with Crippen LogP contribution in [0, 0.1) is 0 Å². The fourth-order valence-corrected chi connectivity index (χ4v) is 2.47. The molecular formula is C14H15NO3S. The summed E-state index contributed by atoms with van der Waals surface area (Å²) in [7, 11) is 0. The molecular weight excluding hydrogens is 262 g/mol. The third kappa shape index (κ3) is 3.86. The van der Waals surface area contributed by atoms with Crippen molar-refractivity contribution in [2.75, 3.05) is 6.61 Å². The van der Waals surface area contributed by atoms with E-state index in [1.54, 1.807) is 0 Å². The lowest BCUT2D eigenvalue weighted by atomic mass is 10.1. The molecule has 0 N–H and O–H groups in total. The fourth-order valence-electron chi connectivity index (χ4n) is 1.59. The largest absolute Gasteiger partial charge is 0.473 e. The van der Waals surface area contributed by atoms with E-state index in [1.165, 1.54) is 11.8 Å². The summed E-state index contributed by atoms with van der Waals surface area (Å²) < 4.78 is 10.5. The van der Waals surface area contributed by atoms with E-state index in [0.717, 1.165) is 11.1 Å². The summed E-state index contributed by atoms with van der Waals surface area (Å²) in [4.78, 5) is 15.1. The highest BCUT2D eigenvalue weighted by molar-refractivity contribution is 8.14. The summed E-state index contributed by atoms with van der Waals surface area (Å²) in [5, 5.41) is 0.365. The number of hydrogen-bond donors (Lipinski definition) is 0. The van der Waals surface area contributed by atoms with Gasteiger partial charge in [0.05, 0.1) is 6.61 Å². The lowest BCUT2D eigenvalue weighted by Crippen LogP contribution is -2.23. The van der Waals surface area contributed by atoms with Crippen LogP contribution in [0.25, 0.3) is 6.08 Å². The van der Waals surface area contributed by atoms with Gasteiger partial charge in [0.2, 0.25) is 0 Å². The topological polar surface area (TPSA) is 47.9 Å². The van der Waals surface area contributed by atoms with Crippen LogP contribution in [-0.4, -0.2) is 23.4 Å². The van der Waals surface area contributed by atoms with Gasteiger partial charge in [-0.05, 0) is 36.7 Å². The number of ether oxygens (including phenoxy) is 2. The van der Waals surface area contributed by atoms with Crippen molar-refractivity contribution < 1.29 is 14.3 Å². The van der Waals surface area contributed by atoms with Gasteiger partial charge in [0.1, 0.15) is 0 Å². The number of nitrogens with zero attached hydrogens (tertiary/aromatic N) is 1. The van der Waals surface area contributed by atoms with E-state index < -0.39 is 6.09 Å². The molecule has 0 bridgehead atoms. The maximum Gasteiger partial charge on any atom is 0.438 e. The minimum atomic E-state index is -0.604. The lowest BCUT2D eigenvalue weighted by Gasteiger charge is -2.21. The minimum Gasteiger partial charge on any atom is -0.473 e. The molecule has 1 aliphatic rings. The van der Waals surface area contributed by atoms with Gasteiger partial charge in [0, 0.05) is 0 Å². The predicted molar refractivity (Wildman–Crippen MR) is 77.0 cm³/mol. The smallest absolute Gasteiger partial charge is 0.438 e. The summed E-state index contributed by atoms with van der Waals surface area (Å²) in [5.74, 6) is 0. The minimum absolute atomic E-state index is 0.365. The first-order valence-corrected chi connectivity index (χ1v) is 6.89. The molecule has 1 aliphatic heterocycles. The maximum atomic E-state index is 11.4. The normalized spacial score (nSPS) is 19.7. The Balaban J connectivity index is 2.12. The monoisotopic (exact) mass is 277 g/mol. The van der Waals surface area contributed by atoms with Gasteiger partial charge in [-0.3, -0.25) is 0 Å². The number of thioether (sulfide) groups is 1. The third-order valence-electron chi connectivity index (χ3n) is 2.43. The Bertz CT molecular complexity index is 511. The van der Waals surface area contributed by atoms with Crippen LogP contribution in [-0.2, 0) is 9.47 Å². The number of cyclic esters (lactones) is 1. The van der Waals surface area contributed by atoms with E-state index in [2.05, 4.69) is 4.99 Å². The standard InChI is InChI=1S/C14H15NO3S/c1-3-17-14-15-13(16)18-12(19-14)10(2)9-11-7-5-4-6-8-11/h4-9,12H,3H2,1-2H3/b10-9+. The van der Waals surface area contributed by atoms with Crippen molar-refractivity contribution in [3.8, 4) is 0 Å². The van der Waals surface area contributed by atoms with Crippen LogP contribution in [0.4, 0.5) is 4.79 Å². The van der Waals surface area contributed by atoms with E-state index in [9.17, 15) is 4.79 Å². The van der Waals surface area contributed by atoms with Gasteiger partial charge in [0.15, 0.2) is 5.44 Å². The number of carbonyl (C=O) groups is 1. The van der Waals surface area contributed by atoms with Crippen molar-refractivity contribution in [3.05, 3.63) is 41.5 Å². The van der Waals surface area contributed by atoms with Gasteiger partial charge in [-0.1, -0.05) is 36.4 Å². The second-order valence-corrected chi connectivity index (χ2v) is 4.96. The highest BCUT2D eigenvalue weighted by Gasteiger charge is 2.26. The molecule has 1 aromatic carbocycles. The summed E-state index contributed by atoms with van der Waals surface area (Å²) in [6.07, 6.45) is 1.38. The zero-order valence-corrected chi connectivity index (χ0v) is 11.6. The average Bonchev–Trinajstić information content (AvgIpc) is 2.39. The molecule has 4 nitrogen and oxygen atoms in total. The highest BCUT2D eigenvalue weighted by Crippen LogP contribution is 2.28. The molecule has 0 fully saturated rings. The molecule has 0 saturated carbocycles. The molecule has 0 saturated heterocycles. The van der Waals surface area contributed by atoms with Crippen LogP contribution in [0.5, 0.6) is 0 Å². The maximum absolute atomic E-state index is 11.4. The number of benzene rings is 1. The van der Waals surface area contributed by atoms with Crippen molar-refractivity contribution in [2.24, 2.45) is 4.99 Å². The van der Waals surface area contributed by atoms with Crippen LogP contribution in [0.2, 0.25) is 0 Å². The Hall–Kier alpha value is -1.75. The van der Waals surface area contributed by atoms with E-state index in [1.807, 2.05) is 50.3 Å². The van der Waals surface area contributed by atoms with Crippen LogP contribution in [0.3, 0.4) is 0 Å². The molecule has 1 atom stereocenters. The SMILES string of the molecule is CCOC1=NC(=O)OC(/C(C)=C/c2ccccc2)S1.